The molecular weight excluding hydrogens is 264 g/mol. The Morgan fingerprint density at radius 2 is 1.29 bits per heavy atom. The van der Waals surface area contributed by atoms with Crippen LogP contribution in [0.3, 0.4) is 0 Å². The van der Waals surface area contributed by atoms with Crippen LogP contribution in [0, 0.1) is 0 Å². The molecule has 0 rings (SSSR count). The number of carbonyl (C=O) groups is 1. The van der Waals surface area contributed by atoms with E-state index in [1.165, 1.54) is 64.9 Å². The number of methoxy groups -OCH3 is 2. The third-order valence-electron chi connectivity index (χ3n) is 4.17. The van der Waals surface area contributed by atoms with Crippen LogP contribution in [0.4, 0.5) is 0 Å². The molecule has 126 valence electrons. The summed E-state index contributed by atoms with van der Waals surface area (Å²) in [6.45, 7) is 2.19. The molecule has 0 aromatic heterocycles. The largest absolute Gasteiger partial charge is 0.469 e. The Labute approximate surface area is 131 Å². The average molecular weight is 300 g/mol. The van der Waals surface area contributed by atoms with Crippen molar-refractivity contribution in [3.63, 3.8) is 0 Å². The van der Waals surface area contributed by atoms with E-state index >= 15 is 0 Å². The van der Waals surface area contributed by atoms with Crippen molar-refractivity contribution in [2.75, 3.05) is 14.2 Å². The van der Waals surface area contributed by atoms with Crippen molar-refractivity contribution in [3.8, 4) is 0 Å². The highest BCUT2D eigenvalue weighted by atomic mass is 16.5. The molecule has 0 bridgehead atoms. The summed E-state index contributed by atoms with van der Waals surface area (Å²) in [4.78, 5) is 10.9. The zero-order chi connectivity index (χ0) is 15.8. The van der Waals surface area contributed by atoms with E-state index in [4.69, 9.17) is 4.74 Å². The molecule has 0 aromatic rings. The van der Waals surface area contributed by atoms with Gasteiger partial charge in [0, 0.05) is 13.5 Å². The number of hydrogen-bond donors (Lipinski definition) is 0. The highest BCUT2D eigenvalue weighted by Gasteiger charge is 2.03. The predicted octanol–water partition coefficient (Wildman–Crippen LogP) is 5.27. The van der Waals surface area contributed by atoms with Crippen LogP contribution in [0.1, 0.15) is 90.4 Å². The molecule has 1 unspecified atom stereocenters. The van der Waals surface area contributed by atoms with E-state index < -0.39 is 0 Å². The van der Waals surface area contributed by atoms with Crippen LogP contribution in [0.15, 0.2) is 0 Å². The molecular formula is C18H36O3. The molecule has 1 atom stereocenters. The molecule has 3 heteroatoms. The van der Waals surface area contributed by atoms with Gasteiger partial charge in [-0.25, -0.2) is 0 Å². The van der Waals surface area contributed by atoms with Crippen LogP contribution < -0.4 is 0 Å². The first-order valence-electron chi connectivity index (χ1n) is 8.84. The van der Waals surface area contributed by atoms with Gasteiger partial charge in [0.15, 0.2) is 0 Å². The van der Waals surface area contributed by atoms with Crippen LogP contribution in [0.5, 0.6) is 0 Å². The molecule has 0 spiro atoms. The maximum atomic E-state index is 10.9. The van der Waals surface area contributed by atoms with Gasteiger partial charge in [-0.1, -0.05) is 64.7 Å². The van der Waals surface area contributed by atoms with E-state index in [2.05, 4.69) is 11.7 Å². The Bertz CT molecular complexity index is 225. The highest BCUT2D eigenvalue weighted by molar-refractivity contribution is 5.68. The van der Waals surface area contributed by atoms with Gasteiger partial charge in [-0.2, -0.15) is 0 Å². The molecule has 0 N–H and O–H groups in total. The first-order valence-corrected chi connectivity index (χ1v) is 8.84. The van der Waals surface area contributed by atoms with Gasteiger partial charge in [-0.15, -0.1) is 0 Å². The lowest BCUT2D eigenvalue weighted by Crippen LogP contribution is -2.08. The highest BCUT2D eigenvalue weighted by Crippen LogP contribution is 2.14. The number of unbranched alkanes of at least 4 members (excludes halogenated alkanes) is 9. The monoisotopic (exact) mass is 300 g/mol. The molecule has 0 radical (unpaired) electrons. The maximum Gasteiger partial charge on any atom is 0.305 e. The van der Waals surface area contributed by atoms with Crippen molar-refractivity contribution in [2.45, 2.75) is 96.5 Å². The molecule has 3 nitrogen and oxygen atoms in total. The van der Waals surface area contributed by atoms with E-state index in [-0.39, 0.29) is 5.97 Å². The summed E-state index contributed by atoms with van der Waals surface area (Å²) in [6, 6.07) is 0. The second kappa shape index (κ2) is 15.8. The van der Waals surface area contributed by atoms with Crippen molar-refractivity contribution >= 4 is 5.97 Å². The first kappa shape index (κ1) is 20.4. The fraction of sp³-hybridized carbons (Fsp3) is 0.944. The fourth-order valence-electron chi connectivity index (χ4n) is 2.65. The zero-order valence-corrected chi connectivity index (χ0v) is 14.5. The quantitative estimate of drug-likeness (QED) is 0.305. The molecule has 0 saturated carbocycles. The Morgan fingerprint density at radius 3 is 1.71 bits per heavy atom. The summed E-state index contributed by atoms with van der Waals surface area (Å²) in [5, 5.41) is 0. The van der Waals surface area contributed by atoms with E-state index in [1.807, 2.05) is 7.11 Å². The van der Waals surface area contributed by atoms with Crippen molar-refractivity contribution < 1.29 is 14.3 Å². The number of ether oxygens (including phenoxy) is 2. The van der Waals surface area contributed by atoms with E-state index in [1.54, 1.807) is 0 Å². The van der Waals surface area contributed by atoms with Crippen LogP contribution in [0.25, 0.3) is 0 Å². The van der Waals surface area contributed by atoms with Gasteiger partial charge in [0.2, 0.25) is 0 Å². The van der Waals surface area contributed by atoms with Gasteiger partial charge in [0.1, 0.15) is 0 Å². The minimum absolute atomic E-state index is 0.0752. The summed E-state index contributed by atoms with van der Waals surface area (Å²) < 4.78 is 10.0. The van der Waals surface area contributed by atoms with Gasteiger partial charge in [-0.3, -0.25) is 4.79 Å². The molecule has 0 aliphatic heterocycles. The van der Waals surface area contributed by atoms with Crippen molar-refractivity contribution in [1.82, 2.24) is 0 Å². The summed E-state index contributed by atoms with van der Waals surface area (Å²) in [6.07, 6.45) is 16.2. The summed E-state index contributed by atoms with van der Waals surface area (Å²) in [7, 11) is 3.28. The molecule has 0 amide bonds. The number of hydrogen-bond acceptors (Lipinski definition) is 3. The summed E-state index contributed by atoms with van der Waals surface area (Å²) in [5.74, 6) is -0.0752. The molecule has 21 heavy (non-hydrogen) atoms. The standard InChI is InChI=1S/C18H36O3/c1-4-17(20-2)15-13-11-9-7-5-6-8-10-12-14-16-18(19)21-3/h17H,4-16H2,1-3H3. The Kier molecular flexibility index (Phi) is 15.4. The molecule has 0 aromatic carbocycles. The number of esters is 1. The Hall–Kier alpha value is -0.570. The van der Waals surface area contributed by atoms with Crippen LogP contribution in [0.2, 0.25) is 0 Å². The molecule has 0 fully saturated rings. The van der Waals surface area contributed by atoms with Crippen molar-refractivity contribution in [1.29, 1.82) is 0 Å². The second-order valence-electron chi connectivity index (χ2n) is 5.92. The summed E-state index contributed by atoms with van der Waals surface area (Å²) in [5.41, 5.74) is 0. The molecule has 0 aliphatic carbocycles. The van der Waals surface area contributed by atoms with Crippen LogP contribution in [-0.4, -0.2) is 26.3 Å². The zero-order valence-electron chi connectivity index (χ0n) is 14.5. The fourth-order valence-corrected chi connectivity index (χ4v) is 2.65. The third-order valence-corrected chi connectivity index (χ3v) is 4.17. The van der Waals surface area contributed by atoms with Gasteiger partial charge in [0.25, 0.3) is 0 Å². The molecule has 0 heterocycles. The molecule has 0 saturated heterocycles. The van der Waals surface area contributed by atoms with Gasteiger partial charge >= 0.3 is 5.97 Å². The lowest BCUT2D eigenvalue weighted by atomic mass is 10.0. The van der Waals surface area contributed by atoms with Crippen molar-refractivity contribution in [3.05, 3.63) is 0 Å². The minimum atomic E-state index is -0.0752. The lowest BCUT2D eigenvalue weighted by Gasteiger charge is -2.12. The van der Waals surface area contributed by atoms with Gasteiger partial charge in [0.05, 0.1) is 13.2 Å². The Balaban J connectivity index is 3.11. The normalized spacial score (nSPS) is 12.3. The average Bonchev–Trinajstić information content (AvgIpc) is 2.51. The van der Waals surface area contributed by atoms with Gasteiger partial charge in [-0.05, 0) is 19.3 Å². The lowest BCUT2D eigenvalue weighted by molar-refractivity contribution is -0.140. The van der Waals surface area contributed by atoms with E-state index in [9.17, 15) is 4.79 Å². The number of rotatable bonds is 15. The topological polar surface area (TPSA) is 35.5 Å². The van der Waals surface area contributed by atoms with Crippen molar-refractivity contribution in [2.24, 2.45) is 0 Å². The van der Waals surface area contributed by atoms with E-state index in [0.29, 0.717) is 12.5 Å². The van der Waals surface area contributed by atoms with Gasteiger partial charge < -0.3 is 9.47 Å². The smallest absolute Gasteiger partial charge is 0.305 e. The van der Waals surface area contributed by atoms with Crippen LogP contribution in [-0.2, 0) is 14.3 Å². The second-order valence-corrected chi connectivity index (χ2v) is 5.92. The number of carbonyl (C=O) groups excluding carboxylic acids is 1. The minimum Gasteiger partial charge on any atom is -0.469 e. The van der Waals surface area contributed by atoms with Crippen LogP contribution >= 0.6 is 0 Å². The van der Waals surface area contributed by atoms with E-state index in [0.717, 1.165) is 19.3 Å². The maximum absolute atomic E-state index is 10.9. The first-order chi connectivity index (χ1) is 10.2. The third kappa shape index (κ3) is 14.1. The SMILES string of the molecule is CCC(CCCCCCCCCCCCC(=O)OC)OC. The summed E-state index contributed by atoms with van der Waals surface area (Å²) >= 11 is 0. The predicted molar refractivity (Wildman–Crippen MR) is 88.5 cm³/mol. The Morgan fingerprint density at radius 1 is 0.810 bits per heavy atom. The molecule has 0 aliphatic rings.